The van der Waals surface area contributed by atoms with Crippen molar-refractivity contribution in [3.8, 4) is 0 Å². The van der Waals surface area contributed by atoms with Gasteiger partial charge in [0.2, 0.25) is 0 Å². The van der Waals surface area contributed by atoms with Gasteiger partial charge < -0.3 is 9.16 Å². The molecule has 1 atom stereocenters. The van der Waals surface area contributed by atoms with Crippen molar-refractivity contribution in [3.05, 3.63) is 0 Å². The van der Waals surface area contributed by atoms with E-state index in [0.29, 0.717) is 6.61 Å². The van der Waals surface area contributed by atoms with Crippen LogP contribution < -0.4 is 0 Å². The quantitative estimate of drug-likeness (QED) is 0.588. The molecule has 5 heteroatoms. The Labute approximate surface area is 118 Å². The molecule has 0 spiro atoms. The zero-order valence-electron chi connectivity index (χ0n) is 13.7. The van der Waals surface area contributed by atoms with E-state index in [1.807, 2.05) is 20.8 Å². The van der Waals surface area contributed by atoms with Crippen molar-refractivity contribution >= 4 is 14.4 Å². The minimum Gasteiger partial charge on any atom is -0.444 e. The summed E-state index contributed by atoms with van der Waals surface area (Å²) >= 11 is 0. The van der Waals surface area contributed by atoms with Crippen LogP contribution in [0, 0.1) is 0 Å². The van der Waals surface area contributed by atoms with Crippen LogP contribution in [0.3, 0.4) is 0 Å². The summed E-state index contributed by atoms with van der Waals surface area (Å²) in [5.41, 5.74) is -0.426. The van der Waals surface area contributed by atoms with Crippen LogP contribution in [0.2, 0.25) is 18.1 Å². The average Bonchev–Trinajstić information content (AvgIpc) is 2.89. The zero-order valence-corrected chi connectivity index (χ0v) is 14.7. The lowest BCUT2D eigenvalue weighted by Crippen LogP contribution is -2.42. The third-order valence-electron chi connectivity index (χ3n) is 3.79. The highest BCUT2D eigenvalue weighted by Gasteiger charge is 2.44. The Morgan fingerprint density at radius 2 is 1.74 bits per heavy atom. The fourth-order valence-corrected chi connectivity index (χ4v) is 2.43. The first-order valence-electron chi connectivity index (χ1n) is 6.97. The third kappa shape index (κ3) is 4.80. The van der Waals surface area contributed by atoms with Gasteiger partial charge in [-0.25, -0.2) is 4.79 Å². The van der Waals surface area contributed by atoms with Crippen molar-refractivity contribution in [1.82, 2.24) is 4.90 Å². The Balaban J connectivity index is 2.38. The highest BCUT2D eigenvalue weighted by molar-refractivity contribution is 6.74. The fraction of sp³-hybridized carbons (Fsp3) is 0.929. The van der Waals surface area contributed by atoms with Crippen molar-refractivity contribution in [2.75, 3.05) is 13.2 Å². The number of nitrogens with zero attached hydrogens (tertiary/aromatic N) is 1. The minimum absolute atomic E-state index is 0.198. The number of carbonyl (C=O) groups is 1. The van der Waals surface area contributed by atoms with Crippen molar-refractivity contribution in [3.63, 3.8) is 0 Å². The molecule has 1 unspecified atom stereocenters. The first-order chi connectivity index (χ1) is 8.33. The molecule has 1 aliphatic heterocycles. The Morgan fingerprint density at radius 3 is 2.16 bits per heavy atom. The Kier molecular flexibility index (Phi) is 4.42. The molecule has 0 aromatic heterocycles. The summed E-state index contributed by atoms with van der Waals surface area (Å²) in [5, 5.41) is 0.207. The van der Waals surface area contributed by atoms with Crippen LogP contribution in [0.25, 0.3) is 0 Å². The van der Waals surface area contributed by atoms with Crippen LogP contribution in [0.15, 0.2) is 0 Å². The second-order valence-corrected chi connectivity index (χ2v) is 12.7. The highest BCUT2D eigenvalue weighted by atomic mass is 28.4. The van der Waals surface area contributed by atoms with Gasteiger partial charge in [0.1, 0.15) is 5.60 Å². The van der Waals surface area contributed by atoms with Crippen molar-refractivity contribution in [2.24, 2.45) is 0 Å². The van der Waals surface area contributed by atoms with Crippen LogP contribution in [0.1, 0.15) is 41.5 Å². The van der Waals surface area contributed by atoms with Crippen LogP contribution in [0.5, 0.6) is 0 Å². The summed E-state index contributed by atoms with van der Waals surface area (Å²) in [7, 11) is -1.72. The molecule has 1 aliphatic rings. The lowest BCUT2D eigenvalue weighted by atomic mass is 10.2. The van der Waals surface area contributed by atoms with Gasteiger partial charge in [-0.05, 0) is 38.9 Å². The van der Waals surface area contributed by atoms with E-state index in [4.69, 9.17) is 9.16 Å². The van der Waals surface area contributed by atoms with E-state index < -0.39 is 13.9 Å². The van der Waals surface area contributed by atoms with E-state index in [-0.39, 0.29) is 17.2 Å². The molecule has 1 amide bonds. The molecule has 4 nitrogen and oxygen atoms in total. The van der Waals surface area contributed by atoms with Gasteiger partial charge in [-0.1, -0.05) is 20.8 Å². The molecule has 1 heterocycles. The standard InChI is InChI=1S/C14H29NO3Si/c1-13(2,3)18-12(16)15-9-11(15)10-17-19(7,8)14(4,5)6/h11H,9-10H2,1-8H3. The summed E-state index contributed by atoms with van der Waals surface area (Å²) in [6.07, 6.45) is -0.226. The minimum atomic E-state index is -1.72. The van der Waals surface area contributed by atoms with Crippen LogP contribution in [-0.2, 0) is 9.16 Å². The number of hydrogen-bond donors (Lipinski definition) is 0. The van der Waals surface area contributed by atoms with Gasteiger partial charge in [-0.3, -0.25) is 4.90 Å². The van der Waals surface area contributed by atoms with Gasteiger partial charge in [-0.15, -0.1) is 0 Å². The predicted octanol–water partition coefficient (Wildman–Crippen LogP) is 3.63. The number of amides is 1. The maximum Gasteiger partial charge on any atom is 0.410 e. The molecule has 1 saturated heterocycles. The zero-order chi connectivity index (χ0) is 15.1. The van der Waals surface area contributed by atoms with Gasteiger partial charge in [0.15, 0.2) is 8.32 Å². The molecule has 1 rings (SSSR count). The largest absolute Gasteiger partial charge is 0.444 e. The maximum atomic E-state index is 11.8. The molecule has 0 aliphatic carbocycles. The lowest BCUT2D eigenvalue weighted by Gasteiger charge is -2.36. The molecule has 112 valence electrons. The molecular weight excluding hydrogens is 258 g/mol. The molecule has 1 fully saturated rings. The Hall–Kier alpha value is -0.553. The van der Waals surface area contributed by atoms with Gasteiger partial charge >= 0.3 is 6.09 Å². The Bertz CT molecular complexity index is 342. The molecule has 19 heavy (non-hydrogen) atoms. The van der Waals surface area contributed by atoms with Crippen LogP contribution in [-0.4, -0.2) is 44.1 Å². The molecule has 0 aromatic rings. The SMILES string of the molecule is CC(C)(C)OC(=O)N1CC1CO[Si](C)(C)C(C)(C)C. The summed E-state index contributed by atoms with van der Waals surface area (Å²) in [6.45, 7) is 18.2. The number of rotatable bonds is 3. The van der Waals surface area contributed by atoms with Crippen molar-refractivity contribution in [2.45, 2.75) is 71.3 Å². The lowest BCUT2D eigenvalue weighted by molar-refractivity contribution is 0.0396. The monoisotopic (exact) mass is 287 g/mol. The fourth-order valence-electron chi connectivity index (χ4n) is 1.39. The van der Waals surface area contributed by atoms with E-state index in [0.717, 1.165) is 6.54 Å². The second kappa shape index (κ2) is 5.09. The maximum absolute atomic E-state index is 11.8. The van der Waals surface area contributed by atoms with E-state index in [2.05, 4.69) is 33.9 Å². The van der Waals surface area contributed by atoms with Crippen LogP contribution >= 0.6 is 0 Å². The smallest absolute Gasteiger partial charge is 0.410 e. The van der Waals surface area contributed by atoms with Gasteiger partial charge in [0, 0.05) is 6.54 Å². The predicted molar refractivity (Wildman–Crippen MR) is 79.9 cm³/mol. The van der Waals surface area contributed by atoms with E-state index in [1.54, 1.807) is 4.90 Å². The van der Waals surface area contributed by atoms with Gasteiger partial charge in [0.05, 0.1) is 12.6 Å². The molecule has 0 radical (unpaired) electrons. The summed E-state index contributed by atoms with van der Waals surface area (Å²) in [4.78, 5) is 13.5. The summed E-state index contributed by atoms with van der Waals surface area (Å²) in [5.74, 6) is 0. The van der Waals surface area contributed by atoms with E-state index in [1.165, 1.54) is 0 Å². The molecule has 0 saturated carbocycles. The molecular formula is C14H29NO3Si. The molecule has 0 bridgehead atoms. The van der Waals surface area contributed by atoms with Crippen molar-refractivity contribution in [1.29, 1.82) is 0 Å². The summed E-state index contributed by atoms with van der Waals surface area (Å²) < 4.78 is 11.5. The topological polar surface area (TPSA) is 38.5 Å². The van der Waals surface area contributed by atoms with Gasteiger partial charge in [-0.2, -0.15) is 0 Å². The number of ether oxygens (including phenoxy) is 1. The highest BCUT2D eigenvalue weighted by Crippen LogP contribution is 2.37. The molecule has 0 aromatic carbocycles. The average molecular weight is 287 g/mol. The number of carbonyl (C=O) groups excluding carboxylic acids is 1. The normalized spacial score (nSPS) is 20.4. The summed E-state index contributed by atoms with van der Waals surface area (Å²) in [6, 6.07) is 0.198. The van der Waals surface area contributed by atoms with E-state index >= 15 is 0 Å². The first-order valence-corrected chi connectivity index (χ1v) is 9.88. The van der Waals surface area contributed by atoms with Gasteiger partial charge in [0.25, 0.3) is 0 Å². The van der Waals surface area contributed by atoms with E-state index in [9.17, 15) is 4.79 Å². The first kappa shape index (κ1) is 16.5. The second-order valence-electron chi connectivity index (χ2n) is 7.86. The number of hydrogen-bond acceptors (Lipinski definition) is 3. The van der Waals surface area contributed by atoms with Crippen LogP contribution in [0.4, 0.5) is 4.79 Å². The van der Waals surface area contributed by atoms with Crippen molar-refractivity contribution < 1.29 is 14.0 Å². The molecule has 0 N–H and O–H groups in total. The third-order valence-corrected chi connectivity index (χ3v) is 8.29. The Morgan fingerprint density at radius 1 is 1.21 bits per heavy atom.